The summed E-state index contributed by atoms with van der Waals surface area (Å²) < 4.78 is 5.96. The highest BCUT2D eigenvalue weighted by atomic mass is 32.2. The Morgan fingerprint density at radius 1 is 1.08 bits per heavy atom. The van der Waals surface area contributed by atoms with Crippen molar-refractivity contribution in [3.8, 4) is 11.1 Å². The molecule has 1 fully saturated rings. The molecular weight excluding hydrogens is 336 g/mol. The molecule has 0 spiro atoms. The van der Waals surface area contributed by atoms with Crippen molar-refractivity contribution in [3.05, 3.63) is 58.5 Å². The van der Waals surface area contributed by atoms with E-state index in [4.69, 9.17) is 4.42 Å². The molecular formula is C19H14N2O3S. The van der Waals surface area contributed by atoms with Crippen LogP contribution in [0.2, 0.25) is 0 Å². The molecule has 5 nitrogen and oxygen atoms in total. The van der Waals surface area contributed by atoms with Gasteiger partial charge in [0.2, 0.25) is 0 Å². The van der Waals surface area contributed by atoms with E-state index in [0.29, 0.717) is 16.2 Å². The molecule has 1 aliphatic rings. The quantitative estimate of drug-likeness (QED) is 0.692. The van der Waals surface area contributed by atoms with Crippen LogP contribution in [0.4, 0.5) is 4.79 Å². The Labute approximate surface area is 148 Å². The highest BCUT2D eigenvalue weighted by Crippen LogP contribution is 2.33. The van der Waals surface area contributed by atoms with Crippen molar-refractivity contribution in [2.45, 2.75) is 13.8 Å². The summed E-state index contributed by atoms with van der Waals surface area (Å²) >= 11 is 0.869. The van der Waals surface area contributed by atoms with Crippen molar-refractivity contribution >= 4 is 40.0 Å². The molecule has 4 rings (SSSR count). The second-order valence-electron chi connectivity index (χ2n) is 5.98. The Hall–Kier alpha value is -2.86. The monoisotopic (exact) mass is 350 g/mol. The summed E-state index contributed by atoms with van der Waals surface area (Å²) in [6.45, 7) is 4.10. The van der Waals surface area contributed by atoms with Crippen LogP contribution >= 0.6 is 11.8 Å². The second-order valence-corrected chi connectivity index (χ2v) is 7.00. The van der Waals surface area contributed by atoms with Gasteiger partial charge in [0.1, 0.15) is 11.3 Å². The van der Waals surface area contributed by atoms with E-state index in [-0.39, 0.29) is 5.24 Å². The number of rotatable bonds is 2. The van der Waals surface area contributed by atoms with Gasteiger partial charge in [-0.1, -0.05) is 29.3 Å². The van der Waals surface area contributed by atoms with Crippen molar-refractivity contribution in [2.24, 2.45) is 0 Å². The molecule has 3 aromatic rings. The van der Waals surface area contributed by atoms with Gasteiger partial charge >= 0.3 is 0 Å². The second kappa shape index (κ2) is 5.89. The SMILES string of the molecule is Cc1cc(C)cc(-c2cncc3cc(/C=C4/SC(=O)NC4=O)oc23)c1. The van der Waals surface area contributed by atoms with E-state index in [1.54, 1.807) is 18.5 Å². The molecule has 2 amide bonds. The number of hydrogen-bond donors (Lipinski definition) is 1. The van der Waals surface area contributed by atoms with Gasteiger partial charge in [0.15, 0.2) is 0 Å². The number of aryl methyl sites for hydroxylation is 2. The minimum atomic E-state index is -0.400. The molecule has 3 heterocycles. The molecule has 1 aliphatic heterocycles. The number of furan rings is 1. The number of amides is 2. The van der Waals surface area contributed by atoms with Crippen LogP contribution in [0.25, 0.3) is 28.2 Å². The van der Waals surface area contributed by atoms with Crippen LogP contribution in [0.15, 0.2) is 46.0 Å². The summed E-state index contributed by atoms with van der Waals surface area (Å²) in [6.07, 6.45) is 5.08. The number of pyridine rings is 1. The third-order valence-electron chi connectivity index (χ3n) is 3.89. The molecule has 1 saturated heterocycles. The highest BCUT2D eigenvalue weighted by molar-refractivity contribution is 8.18. The van der Waals surface area contributed by atoms with Gasteiger partial charge in [-0.15, -0.1) is 0 Å². The summed E-state index contributed by atoms with van der Waals surface area (Å²) in [5.74, 6) is 0.115. The number of imide groups is 1. The van der Waals surface area contributed by atoms with Crippen LogP contribution in [0.3, 0.4) is 0 Å². The fourth-order valence-electron chi connectivity index (χ4n) is 2.94. The number of hydrogen-bond acceptors (Lipinski definition) is 5. The highest BCUT2D eigenvalue weighted by Gasteiger charge is 2.25. The molecule has 0 saturated carbocycles. The van der Waals surface area contributed by atoms with Gasteiger partial charge in [-0.3, -0.25) is 19.9 Å². The van der Waals surface area contributed by atoms with Crippen LogP contribution in [-0.4, -0.2) is 16.1 Å². The van der Waals surface area contributed by atoms with Gasteiger partial charge in [-0.25, -0.2) is 0 Å². The Balaban J connectivity index is 1.83. The third-order valence-corrected chi connectivity index (χ3v) is 4.70. The van der Waals surface area contributed by atoms with Gasteiger partial charge in [0, 0.05) is 29.4 Å². The fourth-order valence-corrected chi connectivity index (χ4v) is 3.60. The van der Waals surface area contributed by atoms with Crippen LogP contribution < -0.4 is 5.32 Å². The van der Waals surface area contributed by atoms with Gasteiger partial charge in [-0.2, -0.15) is 0 Å². The average molecular weight is 350 g/mol. The number of aromatic nitrogens is 1. The average Bonchev–Trinajstić information content (AvgIpc) is 3.08. The van der Waals surface area contributed by atoms with Gasteiger partial charge in [0.25, 0.3) is 11.1 Å². The van der Waals surface area contributed by atoms with Crippen LogP contribution in [0, 0.1) is 13.8 Å². The van der Waals surface area contributed by atoms with Crippen LogP contribution in [-0.2, 0) is 4.79 Å². The van der Waals surface area contributed by atoms with Crippen LogP contribution in [0.1, 0.15) is 16.9 Å². The smallest absolute Gasteiger partial charge is 0.290 e. The lowest BCUT2D eigenvalue weighted by molar-refractivity contribution is -0.115. The minimum absolute atomic E-state index is 0.324. The predicted molar refractivity (Wildman–Crippen MR) is 98.0 cm³/mol. The van der Waals surface area contributed by atoms with E-state index in [9.17, 15) is 9.59 Å². The molecule has 0 radical (unpaired) electrons. The summed E-state index contributed by atoms with van der Waals surface area (Å²) in [5, 5.41) is 2.71. The van der Waals surface area contributed by atoms with E-state index in [0.717, 1.165) is 28.3 Å². The molecule has 124 valence electrons. The number of benzene rings is 1. The van der Waals surface area contributed by atoms with Crippen molar-refractivity contribution in [2.75, 3.05) is 0 Å². The molecule has 0 aliphatic carbocycles. The number of nitrogens with one attached hydrogen (secondary N) is 1. The Morgan fingerprint density at radius 2 is 1.84 bits per heavy atom. The van der Waals surface area contributed by atoms with E-state index in [1.165, 1.54) is 11.1 Å². The summed E-state index contributed by atoms with van der Waals surface area (Å²) in [7, 11) is 0. The molecule has 1 aromatic carbocycles. The lowest BCUT2D eigenvalue weighted by Crippen LogP contribution is -2.17. The zero-order chi connectivity index (χ0) is 17.6. The van der Waals surface area contributed by atoms with E-state index >= 15 is 0 Å². The van der Waals surface area contributed by atoms with E-state index < -0.39 is 5.91 Å². The third kappa shape index (κ3) is 2.96. The van der Waals surface area contributed by atoms with Gasteiger partial charge < -0.3 is 4.42 Å². The standard InChI is InChI=1S/C19H14N2O3S/c1-10-3-11(2)5-12(4-10)15-9-20-8-13-6-14(24-17(13)15)7-16-18(22)21-19(23)25-16/h3-9H,1-2H3,(H,21,22,23)/b16-7+. The Bertz CT molecular complexity index is 1050. The largest absolute Gasteiger partial charge is 0.456 e. The molecule has 6 heteroatoms. The van der Waals surface area contributed by atoms with Gasteiger partial charge in [-0.05, 0) is 37.2 Å². The molecule has 0 bridgehead atoms. The lowest BCUT2D eigenvalue weighted by atomic mass is 10.0. The molecule has 0 atom stereocenters. The summed E-state index contributed by atoms with van der Waals surface area (Å²) in [4.78, 5) is 27.6. The lowest BCUT2D eigenvalue weighted by Gasteiger charge is -2.05. The van der Waals surface area contributed by atoms with E-state index in [1.807, 2.05) is 6.07 Å². The molecule has 2 aromatic heterocycles. The number of carbonyl (C=O) groups excluding carboxylic acids is 2. The first-order valence-corrected chi connectivity index (χ1v) is 8.52. The first-order valence-electron chi connectivity index (χ1n) is 7.71. The predicted octanol–water partition coefficient (Wildman–Crippen LogP) is 4.44. The van der Waals surface area contributed by atoms with Crippen molar-refractivity contribution in [1.29, 1.82) is 0 Å². The first kappa shape index (κ1) is 15.7. The zero-order valence-corrected chi connectivity index (χ0v) is 14.4. The van der Waals surface area contributed by atoms with E-state index in [2.05, 4.69) is 42.3 Å². The Morgan fingerprint density at radius 3 is 2.52 bits per heavy atom. The first-order chi connectivity index (χ1) is 12.0. The molecule has 0 unspecified atom stereocenters. The maximum atomic E-state index is 11.7. The van der Waals surface area contributed by atoms with Crippen molar-refractivity contribution in [1.82, 2.24) is 10.3 Å². The maximum absolute atomic E-state index is 11.7. The van der Waals surface area contributed by atoms with Crippen molar-refractivity contribution in [3.63, 3.8) is 0 Å². The van der Waals surface area contributed by atoms with Crippen molar-refractivity contribution < 1.29 is 14.0 Å². The fraction of sp³-hybridized carbons (Fsp3) is 0.105. The summed E-state index contributed by atoms with van der Waals surface area (Å²) in [5.41, 5.74) is 4.97. The number of thioether (sulfide) groups is 1. The number of carbonyl (C=O) groups is 2. The molecule has 25 heavy (non-hydrogen) atoms. The summed E-state index contributed by atoms with van der Waals surface area (Å²) in [6, 6.07) is 8.10. The number of nitrogens with zero attached hydrogens (tertiary/aromatic N) is 1. The van der Waals surface area contributed by atoms with Crippen LogP contribution in [0.5, 0.6) is 0 Å². The maximum Gasteiger partial charge on any atom is 0.290 e. The molecule has 1 N–H and O–H groups in total. The topological polar surface area (TPSA) is 72.2 Å². The van der Waals surface area contributed by atoms with Gasteiger partial charge in [0.05, 0.1) is 4.91 Å². The minimum Gasteiger partial charge on any atom is -0.456 e. The zero-order valence-electron chi connectivity index (χ0n) is 13.6. The Kier molecular flexibility index (Phi) is 3.69. The normalized spacial score (nSPS) is 16.0. The number of fused-ring (bicyclic) bond motifs is 1.